The molecule has 3 heteroatoms. The summed E-state index contributed by atoms with van der Waals surface area (Å²) in [7, 11) is 1.53. The second-order valence-electron chi connectivity index (χ2n) is 2.88. The van der Waals surface area contributed by atoms with E-state index in [2.05, 4.69) is 0 Å². The first-order valence-electron chi connectivity index (χ1n) is 4.48. The van der Waals surface area contributed by atoms with Crippen molar-refractivity contribution in [2.75, 3.05) is 7.11 Å². The number of carbonyl (C=O) groups is 1. The number of ketones is 1. The predicted molar refractivity (Wildman–Crippen MR) is 56.7 cm³/mol. The van der Waals surface area contributed by atoms with Crippen LogP contribution in [0.2, 0.25) is 0 Å². The molecule has 3 nitrogen and oxygen atoms in total. The van der Waals surface area contributed by atoms with E-state index >= 15 is 0 Å². The van der Waals surface area contributed by atoms with Gasteiger partial charge in [-0.05, 0) is 19.1 Å². The van der Waals surface area contributed by atoms with Crippen molar-refractivity contribution in [2.24, 2.45) is 0 Å². The van der Waals surface area contributed by atoms with Crippen LogP contribution in [0.25, 0.3) is 0 Å². The van der Waals surface area contributed by atoms with Gasteiger partial charge < -0.3 is 4.74 Å². The van der Waals surface area contributed by atoms with Crippen LogP contribution in [-0.4, -0.2) is 12.9 Å². The van der Waals surface area contributed by atoms with Gasteiger partial charge in [-0.2, -0.15) is 5.26 Å². The summed E-state index contributed by atoms with van der Waals surface area (Å²) in [5.41, 5.74) is 0.604. The zero-order valence-corrected chi connectivity index (χ0v) is 8.65. The third kappa shape index (κ3) is 2.44. The third-order valence-electron chi connectivity index (χ3n) is 1.99. The lowest BCUT2D eigenvalue weighted by molar-refractivity contribution is 0.103. The first-order chi connectivity index (χ1) is 7.22. The molecule has 15 heavy (non-hydrogen) atoms. The molecular formula is C12H11NO2. The summed E-state index contributed by atoms with van der Waals surface area (Å²) in [5, 5.41) is 8.71. The quantitative estimate of drug-likeness (QED) is 0.428. The summed E-state index contributed by atoms with van der Waals surface area (Å²) in [6.07, 6.45) is 1.50. The molecule has 76 valence electrons. The minimum atomic E-state index is -0.279. The molecule has 0 N–H and O–H groups in total. The van der Waals surface area contributed by atoms with Gasteiger partial charge in [0.05, 0.1) is 12.7 Å². The van der Waals surface area contributed by atoms with Gasteiger partial charge in [0, 0.05) is 5.56 Å². The molecule has 1 aromatic carbocycles. The van der Waals surface area contributed by atoms with Crippen LogP contribution in [0.3, 0.4) is 0 Å². The van der Waals surface area contributed by atoms with E-state index in [1.54, 1.807) is 31.2 Å². The first kappa shape index (κ1) is 11.0. The Balaban J connectivity index is 3.07. The van der Waals surface area contributed by atoms with Crippen molar-refractivity contribution in [3.63, 3.8) is 0 Å². The Hall–Kier alpha value is -2.08. The molecule has 0 saturated carbocycles. The maximum atomic E-state index is 11.7. The monoisotopic (exact) mass is 201 g/mol. The summed E-state index contributed by atoms with van der Waals surface area (Å²) in [5.74, 6) is 0.327. The van der Waals surface area contributed by atoms with Crippen molar-refractivity contribution in [1.82, 2.24) is 0 Å². The summed E-state index contributed by atoms with van der Waals surface area (Å²) in [6.45, 7) is 1.66. The lowest BCUT2D eigenvalue weighted by atomic mass is 10.0. The van der Waals surface area contributed by atoms with Gasteiger partial charge in [-0.1, -0.05) is 18.2 Å². The fourth-order valence-electron chi connectivity index (χ4n) is 1.17. The second-order valence-corrected chi connectivity index (χ2v) is 2.88. The normalized spacial score (nSPS) is 10.6. The standard InChI is InChI=1S/C12H11NO2/c1-3-9(8-13)12(14)10-5-4-6-11(7-10)15-2/h3-7H,1-2H3/b9-3-. The van der Waals surface area contributed by atoms with E-state index in [0.717, 1.165) is 0 Å². The van der Waals surface area contributed by atoms with E-state index in [0.29, 0.717) is 11.3 Å². The zero-order chi connectivity index (χ0) is 11.3. The maximum absolute atomic E-state index is 11.7. The fourth-order valence-corrected chi connectivity index (χ4v) is 1.17. The molecule has 1 aromatic rings. The molecule has 0 aromatic heterocycles. The van der Waals surface area contributed by atoms with E-state index in [4.69, 9.17) is 10.00 Å². The largest absolute Gasteiger partial charge is 0.497 e. The van der Waals surface area contributed by atoms with E-state index in [-0.39, 0.29) is 11.4 Å². The van der Waals surface area contributed by atoms with Crippen LogP contribution in [0.1, 0.15) is 17.3 Å². The van der Waals surface area contributed by atoms with Gasteiger partial charge in [-0.3, -0.25) is 4.79 Å². The van der Waals surface area contributed by atoms with E-state index in [1.165, 1.54) is 13.2 Å². The molecule has 0 unspecified atom stereocenters. The molecule has 0 radical (unpaired) electrons. The van der Waals surface area contributed by atoms with Crippen molar-refractivity contribution >= 4 is 5.78 Å². The van der Waals surface area contributed by atoms with Gasteiger partial charge in [-0.25, -0.2) is 0 Å². The number of rotatable bonds is 3. The van der Waals surface area contributed by atoms with E-state index in [9.17, 15) is 4.79 Å². The minimum absolute atomic E-state index is 0.142. The van der Waals surface area contributed by atoms with Crippen molar-refractivity contribution < 1.29 is 9.53 Å². The van der Waals surface area contributed by atoms with E-state index < -0.39 is 0 Å². The average molecular weight is 201 g/mol. The first-order valence-corrected chi connectivity index (χ1v) is 4.48. The molecule has 1 rings (SSSR count). The number of nitrogens with zero attached hydrogens (tertiary/aromatic N) is 1. The summed E-state index contributed by atoms with van der Waals surface area (Å²) in [4.78, 5) is 11.7. The number of hydrogen-bond donors (Lipinski definition) is 0. The number of methoxy groups -OCH3 is 1. The second kappa shape index (κ2) is 4.97. The number of allylic oxidation sites excluding steroid dienone is 2. The highest BCUT2D eigenvalue weighted by atomic mass is 16.5. The lowest BCUT2D eigenvalue weighted by Gasteiger charge is -2.02. The number of carbonyl (C=O) groups excluding carboxylic acids is 1. The number of nitriles is 1. The molecule has 0 atom stereocenters. The summed E-state index contributed by atoms with van der Waals surface area (Å²) in [6, 6.07) is 8.60. The molecule has 0 aliphatic carbocycles. The Morgan fingerprint density at radius 2 is 2.27 bits per heavy atom. The minimum Gasteiger partial charge on any atom is -0.497 e. The molecular weight excluding hydrogens is 190 g/mol. The van der Waals surface area contributed by atoms with Gasteiger partial charge in [0.25, 0.3) is 0 Å². The Kier molecular flexibility index (Phi) is 3.64. The van der Waals surface area contributed by atoms with Gasteiger partial charge in [0.1, 0.15) is 11.8 Å². The highest BCUT2D eigenvalue weighted by molar-refractivity contribution is 6.11. The summed E-state index contributed by atoms with van der Waals surface area (Å²) < 4.78 is 5.00. The molecule has 0 amide bonds. The Morgan fingerprint density at radius 1 is 1.53 bits per heavy atom. The highest BCUT2D eigenvalue weighted by Crippen LogP contribution is 2.15. The molecule has 0 bridgehead atoms. The smallest absolute Gasteiger partial charge is 0.203 e. The number of Topliss-reactive ketones (excluding diaryl/α,β-unsaturated/α-hetero) is 1. The van der Waals surface area contributed by atoms with Crippen LogP contribution in [0, 0.1) is 11.3 Å². The highest BCUT2D eigenvalue weighted by Gasteiger charge is 2.11. The van der Waals surface area contributed by atoms with Crippen LogP contribution >= 0.6 is 0 Å². The molecule has 0 fully saturated rings. The molecule has 0 aliphatic rings. The predicted octanol–water partition coefficient (Wildman–Crippen LogP) is 2.35. The molecule has 0 heterocycles. The van der Waals surface area contributed by atoms with Crippen LogP contribution in [0.15, 0.2) is 35.9 Å². The molecule has 0 aliphatic heterocycles. The lowest BCUT2D eigenvalue weighted by Crippen LogP contribution is -2.01. The molecule has 0 spiro atoms. The van der Waals surface area contributed by atoms with Crippen LogP contribution in [0.4, 0.5) is 0 Å². The summed E-state index contributed by atoms with van der Waals surface area (Å²) >= 11 is 0. The van der Waals surface area contributed by atoms with E-state index in [1.807, 2.05) is 6.07 Å². The maximum Gasteiger partial charge on any atom is 0.203 e. The van der Waals surface area contributed by atoms with Crippen molar-refractivity contribution in [2.45, 2.75) is 6.92 Å². The van der Waals surface area contributed by atoms with Crippen LogP contribution in [0.5, 0.6) is 5.75 Å². The van der Waals surface area contributed by atoms with Gasteiger partial charge >= 0.3 is 0 Å². The average Bonchev–Trinajstić information content (AvgIpc) is 2.30. The Morgan fingerprint density at radius 3 is 2.80 bits per heavy atom. The van der Waals surface area contributed by atoms with Crippen molar-refractivity contribution in [3.05, 3.63) is 41.5 Å². The van der Waals surface area contributed by atoms with Gasteiger partial charge in [0.2, 0.25) is 5.78 Å². The Bertz CT molecular complexity index is 441. The van der Waals surface area contributed by atoms with Gasteiger partial charge in [-0.15, -0.1) is 0 Å². The topological polar surface area (TPSA) is 50.1 Å². The van der Waals surface area contributed by atoms with Crippen molar-refractivity contribution in [1.29, 1.82) is 5.26 Å². The third-order valence-corrected chi connectivity index (χ3v) is 1.99. The SMILES string of the molecule is C/C=C(/C#N)C(=O)c1cccc(OC)c1. The van der Waals surface area contributed by atoms with Gasteiger partial charge in [0.15, 0.2) is 0 Å². The number of benzene rings is 1. The van der Waals surface area contributed by atoms with Crippen LogP contribution < -0.4 is 4.74 Å². The Labute approximate surface area is 88.6 Å². The van der Waals surface area contributed by atoms with Crippen molar-refractivity contribution in [3.8, 4) is 11.8 Å². The fraction of sp³-hybridized carbons (Fsp3) is 0.167. The van der Waals surface area contributed by atoms with Crippen LogP contribution in [-0.2, 0) is 0 Å². The molecule has 0 saturated heterocycles. The number of hydrogen-bond acceptors (Lipinski definition) is 3. The number of ether oxygens (including phenoxy) is 1. The zero-order valence-electron chi connectivity index (χ0n) is 8.65.